The molecular weight excluding hydrogens is 446 g/mol. The van der Waals surface area contributed by atoms with E-state index in [0.29, 0.717) is 41.4 Å². The lowest BCUT2D eigenvalue weighted by Crippen LogP contribution is -2.55. The van der Waals surface area contributed by atoms with E-state index in [1.54, 1.807) is 30.3 Å². The molecular formula is C24H28ClN3O3S. The molecule has 0 saturated carbocycles. The van der Waals surface area contributed by atoms with Gasteiger partial charge in [-0.15, -0.1) is 11.3 Å². The molecule has 8 heteroatoms. The molecule has 4 rings (SSSR count). The second-order valence-corrected chi connectivity index (χ2v) is 9.84. The first-order valence-corrected chi connectivity index (χ1v) is 12.5. The fourth-order valence-corrected chi connectivity index (χ4v) is 5.28. The third kappa shape index (κ3) is 5.33. The smallest absolute Gasteiger partial charge is 0.262 e. The number of likely N-dealkylation sites (tertiary alicyclic amines) is 2. The third-order valence-electron chi connectivity index (χ3n) is 6.35. The van der Waals surface area contributed by atoms with Gasteiger partial charge in [-0.25, -0.2) is 0 Å². The molecule has 2 aliphatic rings. The zero-order valence-electron chi connectivity index (χ0n) is 18.0. The van der Waals surface area contributed by atoms with Crippen molar-refractivity contribution in [3.8, 4) is 0 Å². The Balaban J connectivity index is 1.44. The van der Waals surface area contributed by atoms with Gasteiger partial charge in [0.1, 0.15) is 6.04 Å². The van der Waals surface area contributed by atoms with E-state index in [-0.39, 0.29) is 23.6 Å². The molecule has 2 aromatic rings. The van der Waals surface area contributed by atoms with Crippen LogP contribution in [0.25, 0.3) is 0 Å². The Bertz CT molecular complexity index is 934. The largest absolute Gasteiger partial charge is 0.341 e. The first-order chi connectivity index (χ1) is 15.5. The highest BCUT2D eigenvalue weighted by Gasteiger charge is 2.36. The molecule has 3 heterocycles. The van der Waals surface area contributed by atoms with Crippen LogP contribution in [-0.4, -0.2) is 59.7 Å². The summed E-state index contributed by atoms with van der Waals surface area (Å²) in [5, 5.41) is 5.49. The molecule has 1 aromatic heterocycles. The number of thiophene rings is 1. The molecule has 1 aromatic carbocycles. The van der Waals surface area contributed by atoms with Gasteiger partial charge in [-0.1, -0.05) is 17.7 Å². The average Bonchev–Trinajstić information content (AvgIpc) is 3.38. The molecule has 1 atom stereocenters. The lowest BCUT2D eigenvalue weighted by Gasteiger charge is -2.38. The van der Waals surface area contributed by atoms with E-state index in [4.69, 9.17) is 11.6 Å². The van der Waals surface area contributed by atoms with Crippen molar-refractivity contribution in [3.05, 3.63) is 57.2 Å². The minimum atomic E-state index is -0.560. The van der Waals surface area contributed by atoms with Crippen molar-refractivity contribution in [1.82, 2.24) is 15.1 Å². The van der Waals surface area contributed by atoms with Gasteiger partial charge in [-0.2, -0.15) is 0 Å². The number of halogens is 1. The van der Waals surface area contributed by atoms with E-state index < -0.39 is 6.04 Å². The first-order valence-electron chi connectivity index (χ1n) is 11.2. The Morgan fingerprint density at radius 3 is 2.25 bits per heavy atom. The van der Waals surface area contributed by atoms with Gasteiger partial charge < -0.3 is 15.1 Å². The predicted molar refractivity (Wildman–Crippen MR) is 126 cm³/mol. The number of carbonyl (C=O) groups excluding carboxylic acids is 3. The van der Waals surface area contributed by atoms with Crippen molar-refractivity contribution in [2.75, 3.05) is 26.2 Å². The molecule has 3 amide bonds. The SMILES string of the molecule is O=C(N[C@@H](C(=O)N1CCCCC1)C1CCN(C(=O)c2ccc(Cl)cc2)CC1)c1cccs1. The van der Waals surface area contributed by atoms with Crippen LogP contribution in [0.15, 0.2) is 41.8 Å². The predicted octanol–water partition coefficient (Wildman–Crippen LogP) is 4.06. The van der Waals surface area contributed by atoms with E-state index in [1.165, 1.54) is 11.3 Å². The van der Waals surface area contributed by atoms with Crippen LogP contribution in [-0.2, 0) is 4.79 Å². The third-order valence-corrected chi connectivity index (χ3v) is 7.48. The Morgan fingerprint density at radius 2 is 1.62 bits per heavy atom. The van der Waals surface area contributed by atoms with Gasteiger partial charge in [0.15, 0.2) is 0 Å². The van der Waals surface area contributed by atoms with Crippen LogP contribution < -0.4 is 5.32 Å². The van der Waals surface area contributed by atoms with Crippen molar-refractivity contribution in [3.63, 3.8) is 0 Å². The Hall–Kier alpha value is -2.38. The number of nitrogens with one attached hydrogen (secondary N) is 1. The first kappa shape index (κ1) is 22.8. The second-order valence-electron chi connectivity index (χ2n) is 8.45. The molecule has 0 spiro atoms. The number of carbonyl (C=O) groups is 3. The van der Waals surface area contributed by atoms with Crippen LogP contribution >= 0.6 is 22.9 Å². The van der Waals surface area contributed by atoms with E-state index in [9.17, 15) is 14.4 Å². The van der Waals surface area contributed by atoms with Crippen molar-refractivity contribution in [1.29, 1.82) is 0 Å². The topological polar surface area (TPSA) is 69.7 Å². The maximum atomic E-state index is 13.4. The minimum Gasteiger partial charge on any atom is -0.341 e. The summed E-state index contributed by atoms with van der Waals surface area (Å²) >= 11 is 7.30. The van der Waals surface area contributed by atoms with Crippen LogP contribution in [0, 0.1) is 5.92 Å². The van der Waals surface area contributed by atoms with Gasteiger partial charge in [0, 0.05) is 36.8 Å². The zero-order chi connectivity index (χ0) is 22.5. The van der Waals surface area contributed by atoms with Crippen molar-refractivity contribution < 1.29 is 14.4 Å². The molecule has 2 aliphatic heterocycles. The average molecular weight is 474 g/mol. The summed E-state index contributed by atoms with van der Waals surface area (Å²) in [4.78, 5) is 43.3. The highest BCUT2D eigenvalue weighted by atomic mass is 35.5. The molecule has 32 heavy (non-hydrogen) atoms. The summed E-state index contributed by atoms with van der Waals surface area (Å²) in [6.45, 7) is 2.62. The molecule has 0 unspecified atom stereocenters. The van der Waals surface area contributed by atoms with E-state index in [2.05, 4.69) is 5.32 Å². The second kappa shape index (κ2) is 10.5. The quantitative estimate of drug-likeness (QED) is 0.711. The molecule has 0 bridgehead atoms. The van der Waals surface area contributed by atoms with Gasteiger partial charge in [0.25, 0.3) is 11.8 Å². The number of hydrogen-bond acceptors (Lipinski definition) is 4. The van der Waals surface area contributed by atoms with Crippen molar-refractivity contribution >= 4 is 40.7 Å². The molecule has 170 valence electrons. The van der Waals surface area contributed by atoms with Gasteiger partial charge in [-0.3, -0.25) is 14.4 Å². The molecule has 6 nitrogen and oxygen atoms in total. The Kier molecular flexibility index (Phi) is 7.48. The Labute approximate surface area is 197 Å². The highest BCUT2D eigenvalue weighted by molar-refractivity contribution is 7.12. The van der Waals surface area contributed by atoms with Crippen LogP contribution in [0.4, 0.5) is 0 Å². The van der Waals surface area contributed by atoms with Crippen LogP contribution in [0.1, 0.15) is 52.1 Å². The van der Waals surface area contributed by atoms with Crippen molar-refractivity contribution in [2.24, 2.45) is 5.92 Å². The van der Waals surface area contributed by atoms with Gasteiger partial charge in [0.2, 0.25) is 5.91 Å². The summed E-state index contributed by atoms with van der Waals surface area (Å²) in [5.41, 5.74) is 0.611. The molecule has 2 fully saturated rings. The normalized spacial score (nSPS) is 18.3. The summed E-state index contributed by atoms with van der Waals surface area (Å²) in [5.74, 6) is -0.212. The lowest BCUT2D eigenvalue weighted by atomic mass is 9.87. The van der Waals surface area contributed by atoms with E-state index >= 15 is 0 Å². The standard InChI is InChI=1S/C24H28ClN3O3S/c25-19-8-6-18(7-9-19)23(30)28-14-10-17(11-15-28)21(24(31)27-12-2-1-3-13-27)26-22(29)20-5-4-16-32-20/h4-9,16-17,21H,1-3,10-15H2,(H,26,29)/t21-/m1/s1. The summed E-state index contributed by atoms with van der Waals surface area (Å²) in [6.07, 6.45) is 4.50. The monoisotopic (exact) mass is 473 g/mol. The molecule has 2 saturated heterocycles. The fraction of sp³-hybridized carbons (Fsp3) is 0.458. The number of rotatable bonds is 5. The van der Waals surface area contributed by atoms with Crippen LogP contribution in [0.5, 0.6) is 0 Å². The van der Waals surface area contributed by atoms with Gasteiger partial charge in [0.05, 0.1) is 4.88 Å². The van der Waals surface area contributed by atoms with E-state index in [1.807, 2.05) is 21.2 Å². The number of hydrogen-bond donors (Lipinski definition) is 1. The molecule has 0 aliphatic carbocycles. The van der Waals surface area contributed by atoms with Crippen LogP contribution in [0.2, 0.25) is 5.02 Å². The van der Waals surface area contributed by atoms with E-state index in [0.717, 1.165) is 32.4 Å². The number of amides is 3. The maximum absolute atomic E-state index is 13.4. The maximum Gasteiger partial charge on any atom is 0.262 e. The summed E-state index contributed by atoms with van der Waals surface area (Å²) in [6, 6.07) is 9.96. The van der Waals surface area contributed by atoms with Crippen LogP contribution in [0.3, 0.4) is 0 Å². The number of nitrogens with zero attached hydrogens (tertiary/aromatic N) is 2. The minimum absolute atomic E-state index is 0.00241. The Morgan fingerprint density at radius 1 is 0.938 bits per heavy atom. The van der Waals surface area contributed by atoms with Gasteiger partial charge >= 0.3 is 0 Å². The fourth-order valence-electron chi connectivity index (χ4n) is 4.52. The number of benzene rings is 1. The summed E-state index contributed by atoms with van der Waals surface area (Å²) in [7, 11) is 0. The molecule has 0 radical (unpaired) electrons. The highest BCUT2D eigenvalue weighted by Crippen LogP contribution is 2.25. The zero-order valence-corrected chi connectivity index (χ0v) is 19.5. The molecule has 1 N–H and O–H groups in total. The number of piperidine rings is 2. The van der Waals surface area contributed by atoms with Crippen molar-refractivity contribution in [2.45, 2.75) is 38.1 Å². The van der Waals surface area contributed by atoms with Gasteiger partial charge in [-0.05, 0) is 73.7 Å². The summed E-state index contributed by atoms with van der Waals surface area (Å²) < 4.78 is 0. The lowest BCUT2D eigenvalue weighted by molar-refractivity contribution is -0.136.